The molecule has 1 unspecified atom stereocenters. The minimum absolute atomic E-state index is 0.0779. The minimum atomic E-state index is -0.754. The summed E-state index contributed by atoms with van der Waals surface area (Å²) in [4.78, 5) is 23.3. The van der Waals surface area contributed by atoms with Crippen LogP contribution in [0.2, 0.25) is 0 Å². The SMILES string of the molecule is CC(C)(C)CC(N)C(=O)OC(=O)CCc1ccccc1. The standard InChI is InChI=1S/C16H23NO3/c1-16(2,3)11-13(17)15(19)20-14(18)10-9-12-7-5-4-6-8-12/h4-8,13H,9-11,17H2,1-3H3. The van der Waals surface area contributed by atoms with E-state index in [2.05, 4.69) is 0 Å². The third kappa shape index (κ3) is 6.48. The molecule has 20 heavy (non-hydrogen) atoms. The van der Waals surface area contributed by atoms with Gasteiger partial charge in [0.25, 0.3) is 0 Å². The van der Waals surface area contributed by atoms with Gasteiger partial charge in [0.05, 0.1) is 6.42 Å². The molecule has 1 atom stereocenters. The van der Waals surface area contributed by atoms with Crippen LogP contribution in [0.15, 0.2) is 30.3 Å². The van der Waals surface area contributed by atoms with Crippen LogP contribution < -0.4 is 5.73 Å². The van der Waals surface area contributed by atoms with Gasteiger partial charge in [0, 0.05) is 0 Å². The van der Waals surface area contributed by atoms with Gasteiger partial charge in [-0.2, -0.15) is 0 Å². The van der Waals surface area contributed by atoms with Crippen LogP contribution in [0.25, 0.3) is 0 Å². The van der Waals surface area contributed by atoms with Crippen LogP contribution >= 0.6 is 0 Å². The zero-order valence-electron chi connectivity index (χ0n) is 12.4. The Morgan fingerprint density at radius 1 is 1.20 bits per heavy atom. The van der Waals surface area contributed by atoms with Gasteiger partial charge < -0.3 is 10.5 Å². The van der Waals surface area contributed by atoms with Crippen molar-refractivity contribution in [3.63, 3.8) is 0 Å². The highest BCUT2D eigenvalue weighted by atomic mass is 16.6. The van der Waals surface area contributed by atoms with Crippen molar-refractivity contribution in [2.24, 2.45) is 11.1 Å². The highest BCUT2D eigenvalue weighted by Crippen LogP contribution is 2.20. The molecule has 0 fully saturated rings. The molecule has 0 spiro atoms. The summed E-state index contributed by atoms with van der Waals surface area (Å²) in [5, 5.41) is 0. The van der Waals surface area contributed by atoms with E-state index in [0.717, 1.165) is 5.56 Å². The van der Waals surface area contributed by atoms with Crippen molar-refractivity contribution >= 4 is 11.9 Å². The van der Waals surface area contributed by atoms with Gasteiger partial charge in [0.2, 0.25) is 0 Å². The fourth-order valence-corrected chi connectivity index (χ4v) is 1.87. The zero-order chi connectivity index (χ0) is 15.2. The summed E-state index contributed by atoms with van der Waals surface area (Å²) in [5.74, 6) is -1.17. The van der Waals surface area contributed by atoms with Gasteiger partial charge in [-0.3, -0.25) is 4.79 Å². The van der Waals surface area contributed by atoms with Crippen LogP contribution in [0.3, 0.4) is 0 Å². The Morgan fingerprint density at radius 3 is 2.35 bits per heavy atom. The van der Waals surface area contributed by atoms with Crippen molar-refractivity contribution in [1.82, 2.24) is 0 Å². The Balaban J connectivity index is 2.37. The van der Waals surface area contributed by atoms with Crippen molar-refractivity contribution < 1.29 is 14.3 Å². The summed E-state index contributed by atoms with van der Waals surface area (Å²) >= 11 is 0. The highest BCUT2D eigenvalue weighted by molar-refractivity contribution is 5.88. The van der Waals surface area contributed by atoms with Gasteiger partial charge >= 0.3 is 11.9 Å². The second-order valence-electron chi connectivity index (χ2n) is 6.15. The molecule has 1 rings (SSSR count). The molecule has 0 aliphatic heterocycles. The van der Waals surface area contributed by atoms with Gasteiger partial charge in [-0.05, 0) is 23.8 Å². The van der Waals surface area contributed by atoms with Crippen molar-refractivity contribution in [3.8, 4) is 0 Å². The molecule has 0 aromatic heterocycles. The fourth-order valence-electron chi connectivity index (χ4n) is 1.87. The summed E-state index contributed by atoms with van der Waals surface area (Å²) in [7, 11) is 0. The van der Waals surface area contributed by atoms with E-state index in [4.69, 9.17) is 10.5 Å². The quantitative estimate of drug-likeness (QED) is 0.663. The minimum Gasteiger partial charge on any atom is -0.392 e. The number of hydrogen-bond acceptors (Lipinski definition) is 4. The second kappa shape index (κ2) is 7.20. The molecule has 1 aromatic rings. The molecule has 1 aromatic carbocycles. The van der Waals surface area contributed by atoms with Crippen molar-refractivity contribution in [1.29, 1.82) is 0 Å². The highest BCUT2D eigenvalue weighted by Gasteiger charge is 2.24. The zero-order valence-corrected chi connectivity index (χ0v) is 12.4. The largest absolute Gasteiger partial charge is 0.392 e. The van der Waals surface area contributed by atoms with Gasteiger partial charge in [0.15, 0.2) is 0 Å². The molecule has 0 radical (unpaired) electrons. The van der Waals surface area contributed by atoms with E-state index in [1.165, 1.54) is 0 Å². The average molecular weight is 277 g/mol. The lowest BCUT2D eigenvalue weighted by atomic mass is 9.88. The van der Waals surface area contributed by atoms with E-state index in [0.29, 0.717) is 12.8 Å². The van der Waals surface area contributed by atoms with Crippen LogP contribution in [-0.4, -0.2) is 18.0 Å². The van der Waals surface area contributed by atoms with Crippen LogP contribution in [0, 0.1) is 5.41 Å². The maximum Gasteiger partial charge on any atom is 0.330 e. The van der Waals surface area contributed by atoms with E-state index in [1.807, 2.05) is 51.1 Å². The molecule has 0 amide bonds. The van der Waals surface area contributed by atoms with Gasteiger partial charge in [-0.1, -0.05) is 51.1 Å². The summed E-state index contributed by atoms with van der Waals surface area (Å²) in [6.07, 6.45) is 1.22. The smallest absolute Gasteiger partial charge is 0.330 e. The summed E-state index contributed by atoms with van der Waals surface area (Å²) in [6.45, 7) is 5.95. The van der Waals surface area contributed by atoms with E-state index in [1.54, 1.807) is 0 Å². The maximum absolute atomic E-state index is 11.7. The van der Waals surface area contributed by atoms with Crippen LogP contribution in [-0.2, 0) is 20.7 Å². The first kappa shape index (κ1) is 16.4. The maximum atomic E-state index is 11.7. The normalized spacial score (nSPS) is 12.8. The summed E-state index contributed by atoms with van der Waals surface area (Å²) < 4.78 is 4.78. The molecule has 110 valence electrons. The number of esters is 2. The third-order valence-corrected chi connectivity index (χ3v) is 2.81. The first-order valence-corrected chi connectivity index (χ1v) is 6.82. The number of benzene rings is 1. The number of nitrogens with two attached hydrogens (primary N) is 1. The van der Waals surface area contributed by atoms with Crippen molar-refractivity contribution in [2.45, 2.75) is 46.1 Å². The number of rotatable bonds is 5. The molecule has 0 heterocycles. The average Bonchev–Trinajstić information content (AvgIpc) is 2.35. The Kier molecular flexibility index (Phi) is 5.89. The van der Waals surface area contributed by atoms with Crippen LogP contribution in [0.5, 0.6) is 0 Å². The summed E-state index contributed by atoms with van der Waals surface area (Å²) in [6, 6.07) is 8.84. The lowest BCUT2D eigenvalue weighted by molar-refractivity contribution is -0.161. The molecular formula is C16H23NO3. The number of carbonyl (C=O) groups is 2. The fraction of sp³-hybridized carbons (Fsp3) is 0.500. The van der Waals surface area contributed by atoms with E-state index in [-0.39, 0.29) is 11.8 Å². The topological polar surface area (TPSA) is 69.4 Å². The van der Waals surface area contributed by atoms with Crippen LogP contribution in [0.4, 0.5) is 0 Å². The Hall–Kier alpha value is -1.68. The molecule has 0 bridgehead atoms. The molecular weight excluding hydrogens is 254 g/mol. The number of carbonyl (C=O) groups excluding carboxylic acids is 2. The Morgan fingerprint density at radius 2 is 1.80 bits per heavy atom. The predicted molar refractivity (Wildman–Crippen MR) is 77.9 cm³/mol. The van der Waals surface area contributed by atoms with Crippen LogP contribution in [0.1, 0.15) is 39.2 Å². The second-order valence-corrected chi connectivity index (χ2v) is 6.15. The molecule has 4 nitrogen and oxygen atoms in total. The first-order valence-electron chi connectivity index (χ1n) is 6.82. The first-order chi connectivity index (χ1) is 9.28. The molecule has 0 aliphatic rings. The van der Waals surface area contributed by atoms with Gasteiger partial charge in [-0.15, -0.1) is 0 Å². The Bertz CT molecular complexity index is 449. The van der Waals surface area contributed by atoms with E-state index in [9.17, 15) is 9.59 Å². The molecule has 4 heteroatoms. The van der Waals surface area contributed by atoms with E-state index >= 15 is 0 Å². The van der Waals surface area contributed by atoms with Gasteiger partial charge in [0.1, 0.15) is 6.04 Å². The number of ether oxygens (including phenoxy) is 1. The van der Waals surface area contributed by atoms with Crippen molar-refractivity contribution in [3.05, 3.63) is 35.9 Å². The lowest BCUT2D eigenvalue weighted by Gasteiger charge is -2.21. The van der Waals surface area contributed by atoms with E-state index < -0.39 is 18.0 Å². The summed E-state index contributed by atoms with van der Waals surface area (Å²) in [5.41, 5.74) is 6.69. The number of hydrogen-bond donors (Lipinski definition) is 1. The molecule has 2 N–H and O–H groups in total. The molecule has 0 aliphatic carbocycles. The molecule has 0 saturated carbocycles. The Labute approximate surface area is 120 Å². The lowest BCUT2D eigenvalue weighted by Crippen LogP contribution is -2.37. The number of aryl methyl sites for hydroxylation is 1. The van der Waals surface area contributed by atoms with Gasteiger partial charge in [-0.25, -0.2) is 4.79 Å². The molecule has 0 saturated heterocycles. The third-order valence-electron chi connectivity index (χ3n) is 2.81. The predicted octanol–water partition coefficient (Wildman–Crippen LogP) is 2.45. The van der Waals surface area contributed by atoms with Crippen molar-refractivity contribution in [2.75, 3.05) is 0 Å². The monoisotopic (exact) mass is 277 g/mol.